The molecule has 0 aromatic heterocycles. The van der Waals surface area contributed by atoms with Crippen LogP contribution in [0, 0.1) is 5.82 Å². The molecule has 1 amide bonds. The van der Waals surface area contributed by atoms with Crippen LogP contribution in [0.4, 0.5) is 4.39 Å². The fraction of sp³-hybridized carbons (Fsp3) is 0.500. The van der Waals surface area contributed by atoms with Gasteiger partial charge in [-0.25, -0.2) is 9.18 Å². The van der Waals surface area contributed by atoms with Gasteiger partial charge in [0.1, 0.15) is 17.5 Å². The van der Waals surface area contributed by atoms with Crippen molar-refractivity contribution in [2.24, 2.45) is 0 Å². The van der Waals surface area contributed by atoms with Crippen LogP contribution in [0.2, 0.25) is 5.02 Å². The molecule has 5 nitrogen and oxygen atoms in total. The molecule has 0 aliphatic rings. The third kappa shape index (κ3) is 5.80. The second kappa shape index (κ2) is 7.75. The van der Waals surface area contributed by atoms with E-state index in [-0.39, 0.29) is 17.0 Å². The number of aliphatic hydroxyl groups excluding tert-OH is 1. The van der Waals surface area contributed by atoms with Crippen LogP contribution in [0.3, 0.4) is 0 Å². The highest BCUT2D eigenvalue weighted by Gasteiger charge is 2.29. The number of hydrogen-bond acceptors (Lipinski definition) is 4. The van der Waals surface area contributed by atoms with Crippen LogP contribution < -0.4 is 5.32 Å². The Morgan fingerprint density at radius 2 is 2.00 bits per heavy atom. The zero-order chi connectivity index (χ0) is 17.8. The molecule has 128 valence electrons. The number of halogens is 2. The lowest BCUT2D eigenvalue weighted by atomic mass is 10.1. The van der Waals surface area contributed by atoms with Crippen molar-refractivity contribution in [3.8, 4) is 0 Å². The fourth-order valence-electron chi connectivity index (χ4n) is 1.82. The maximum Gasteiger partial charge on any atom is 0.329 e. The molecule has 0 spiro atoms. The van der Waals surface area contributed by atoms with Crippen LogP contribution in [0.5, 0.6) is 0 Å². The minimum Gasteiger partial charge on any atom is -0.458 e. The summed E-state index contributed by atoms with van der Waals surface area (Å²) in [4.78, 5) is 24.0. The molecule has 0 saturated heterocycles. The highest BCUT2D eigenvalue weighted by atomic mass is 35.5. The van der Waals surface area contributed by atoms with Crippen molar-refractivity contribution in [3.05, 3.63) is 34.6 Å². The summed E-state index contributed by atoms with van der Waals surface area (Å²) in [5.41, 5.74) is -0.915. The van der Waals surface area contributed by atoms with Gasteiger partial charge < -0.3 is 15.2 Å². The third-order valence-corrected chi connectivity index (χ3v) is 3.16. The van der Waals surface area contributed by atoms with Gasteiger partial charge in [0.05, 0.1) is 0 Å². The van der Waals surface area contributed by atoms with Crippen LogP contribution in [0.15, 0.2) is 18.2 Å². The van der Waals surface area contributed by atoms with Crippen molar-refractivity contribution in [1.82, 2.24) is 5.32 Å². The van der Waals surface area contributed by atoms with Crippen molar-refractivity contribution in [1.29, 1.82) is 0 Å². The van der Waals surface area contributed by atoms with Gasteiger partial charge in [0.25, 0.3) is 5.91 Å². The van der Waals surface area contributed by atoms with Gasteiger partial charge >= 0.3 is 5.97 Å². The lowest BCUT2D eigenvalue weighted by molar-refractivity contribution is -0.159. The molecule has 0 radical (unpaired) electrons. The van der Waals surface area contributed by atoms with Gasteiger partial charge in [0, 0.05) is 10.6 Å². The minimum absolute atomic E-state index is 0.152. The first-order valence-corrected chi connectivity index (χ1v) is 7.59. The Morgan fingerprint density at radius 3 is 2.48 bits per heavy atom. The summed E-state index contributed by atoms with van der Waals surface area (Å²) in [5.74, 6) is -2.30. The van der Waals surface area contributed by atoms with E-state index in [1.807, 2.05) is 0 Å². The molecule has 7 heteroatoms. The molecular weight excluding hydrogens is 325 g/mol. The Kier molecular flexibility index (Phi) is 6.53. The second-order valence-corrected chi connectivity index (χ2v) is 6.51. The highest BCUT2D eigenvalue weighted by Crippen LogP contribution is 2.21. The molecular formula is C16H21ClFNO4. The predicted molar refractivity (Wildman–Crippen MR) is 84.4 cm³/mol. The Hall–Kier alpha value is -1.66. The Morgan fingerprint density at radius 1 is 1.39 bits per heavy atom. The van der Waals surface area contributed by atoms with Crippen molar-refractivity contribution >= 4 is 23.5 Å². The number of ether oxygens (including phenoxy) is 1. The van der Waals surface area contributed by atoms with E-state index in [0.29, 0.717) is 0 Å². The van der Waals surface area contributed by atoms with Gasteiger partial charge in [-0.3, -0.25) is 4.79 Å². The Labute approximate surface area is 139 Å². The first-order chi connectivity index (χ1) is 10.5. The van der Waals surface area contributed by atoms with Crippen molar-refractivity contribution in [2.75, 3.05) is 0 Å². The van der Waals surface area contributed by atoms with Gasteiger partial charge in [-0.2, -0.15) is 0 Å². The first kappa shape index (κ1) is 19.4. The summed E-state index contributed by atoms with van der Waals surface area (Å²) >= 11 is 5.63. The smallest absolute Gasteiger partial charge is 0.329 e. The zero-order valence-electron chi connectivity index (χ0n) is 13.5. The number of carbonyl (C=O) groups excluding carboxylic acids is 2. The quantitative estimate of drug-likeness (QED) is 0.805. The molecule has 2 N–H and O–H groups in total. The molecule has 0 bridgehead atoms. The van der Waals surface area contributed by atoms with E-state index in [0.717, 1.165) is 6.07 Å². The summed E-state index contributed by atoms with van der Waals surface area (Å²) < 4.78 is 18.9. The van der Waals surface area contributed by atoms with Crippen LogP contribution in [0.25, 0.3) is 0 Å². The molecule has 1 aromatic carbocycles. The van der Waals surface area contributed by atoms with E-state index in [1.165, 1.54) is 12.1 Å². The SMILES string of the molecule is CC[C@H](NC(=O)C(O)c1ccc(Cl)cc1F)C(=O)OC(C)(C)C. The lowest BCUT2D eigenvalue weighted by Crippen LogP contribution is -2.45. The van der Waals surface area contributed by atoms with Crippen molar-refractivity contribution in [3.63, 3.8) is 0 Å². The largest absolute Gasteiger partial charge is 0.458 e. The summed E-state index contributed by atoms with van der Waals surface area (Å²) in [5, 5.41) is 12.5. The molecule has 0 heterocycles. The van der Waals surface area contributed by atoms with Crippen molar-refractivity contribution in [2.45, 2.75) is 51.9 Å². The average molecular weight is 346 g/mol. The van der Waals surface area contributed by atoms with Gasteiger partial charge in [0.2, 0.25) is 0 Å². The van der Waals surface area contributed by atoms with E-state index in [2.05, 4.69) is 5.32 Å². The maximum atomic E-state index is 13.7. The molecule has 23 heavy (non-hydrogen) atoms. The van der Waals surface area contributed by atoms with E-state index >= 15 is 0 Å². The molecule has 2 atom stereocenters. The summed E-state index contributed by atoms with van der Waals surface area (Å²) in [7, 11) is 0. The molecule has 1 aromatic rings. The number of aliphatic hydroxyl groups is 1. The first-order valence-electron chi connectivity index (χ1n) is 7.21. The standard InChI is InChI=1S/C16H21ClFNO4/c1-5-12(15(22)23-16(2,3)4)19-14(21)13(20)10-7-6-9(17)8-11(10)18/h6-8,12-13,20H,5H2,1-4H3,(H,19,21)/t12-,13?/m0/s1. The van der Waals surface area contributed by atoms with Gasteiger partial charge in [-0.05, 0) is 39.3 Å². The van der Waals surface area contributed by atoms with Crippen molar-refractivity contribution < 1.29 is 23.8 Å². The summed E-state index contributed by atoms with van der Waals surface area (Å²) in [6.07, 6.45) is -1.47. The number of rotatable bonds is 5. The van der Waals surface area contributed by atoms with E-state index < -0.39 is 35.4 Å². The topological polar surface area (TPSA) is 75.6 Å². The van der Waals surface area contributed by atoms with Gasteiger partial charge in [-0.1, -0.05) is 24.6 Å². The number of carbonyl (C=O) groups is 2. The molecule has 0 aliphatic carbocycles. The van der Waals surface area contributed by atoms with E-state index in [1.54, 1.807) is 27.7 Å². The lowest BCUT2D eigenvalue weighted by Gasteiger charge is -2.24. The van der Waals surface area contributed by atoms with Crippen LogP contribution in [-0.4, -0.2) is 28.6 Å². The normalized spacial score (nSPS) is 14.0. The summed E-state index contributed by atoms with van der Waals surface area (Å²) in [6.45, 7) is 6.80. The average Bonchev–Trinajstić information content (AvgIpc) is 2.41. The predicted octanol–water partition coefficient (Wildman–Crippen LogP) is 2.75. The van der Waals surface area contributed by atoms with E-state index in [9.17, 15) is 19.1 Å². The summed E-state index contributed by atoms with van der Waals surface area (Å²) in [6, 6.07) is 2.66. The van der Waals surface area contributed by atoms with Crippen LogP contribution in [0.1, 0.15) is 45.8 Å². The molecule has 1 unspecified atom stereocenters. The number of nitrogens with one attached hydrogen (secondary N) is 1. The third-order valence-electron chi connectivity index (χ3n) is 2.92. The second-order valence-electron chi connectivity index (χ2n) is 6.07. The molecule has 0 aliphatic heterocycles. The van der Waals surface area contributed by atoms with Crippen LogP contribution in [-0.2, 0) is 14.3 Å². The number of esters is 1. The van der Waals surface area contributed by atoms with E-state index in [4.69, 9.17) is 16.3 Å². The number of benzene rings is 1. The van der Waals surface area contributed by atoms with Gasteiger partial charge in [-0.15, -0.1) is 0 Å². The Bertz CT molecular complexity index is 586. The zero-order valence-corrected chi connectivity index (χ0v) is 14.3. The number of amides is 1. The molecule has 1 rings (SSSR count). The fourth-order valence-corrected chi connectivity index (χ4v) is 1.97. The van der Waals surface area contributed by atoms with Gasteiger partial charge in [0.15, 0.2) is 6.10 Å². The maximum absolute atomic E-state index is 13.7. The Balaban J connectivity index is 2.81. The monoisotopic (exact) mass is 345 g/mol. The van der Waals surface area contributed by atoms with Crippen LogP contribution >= 0.6 is 11.6 Å². The highest BCUT2D eigenvalue weighted by molar-refractivity contribution is 6.30. The minimum atomic E-state index is -1.75. The number of hydrogen-bond donors (Lipinski definition) is 2. The molecule has 0 fully saturated rings. The molecule has 0 saturated carbocycles.